The standard InChI is InChI=1S/C13H20BrNO/c1-4-12(15-5-2)11-9-10(14)7-8-13(11)16-6-3/h7-9,12,15H,4-6H2,1-3H3. The van der Waals surface area contributed by atoms with Crippen LogP contribution in [0.1, 0.15) is 38.8 Å². The van der Waals surface area contributed by atoms with E-state index in [-0.39, 0.29) is 0 Å². The Balaban J connectivity index is 3.01. The highest BCUT2D eigenvalue weighted by molar-refractivity contribution is 9.10. The van der Waals surface area contributed by atoms with Crippen molar-refractivity contribution in [3.8, 4) is 5.75 Å². The van der Waals surface area contributed by atoms with Crippen LogP contribution in [0, 0.1) is 0 Å². The third-order valence-corrected chi connectivity index (χ3v) is 3.00. The Hall–Kier alpha value is -0.540. The Morgan fingerprint density at radius 3 is 2.62 bits per heavy atom. The molecule has 0 bridgehead atoms. The summed E-state index contributed by atoms with van der Waals surface area (Å²) in [5.41, 5.74) is 1.24. The molecule has 0 heterocycles. The molecule has 0 radical (unpaired) electrons. The second kappa shape index (κ2) is 6.92. The van der Waals surface area contributed by atoms with Crippen molar-refractivity contribution in [1.82, 2.24) is 5.32 Å². The molecule has 2 nitrogen and oxygen atoms in total. The lowest BCUT2D eigenvalue weighted by Gasteiger charge is -2.20. The molecule has 1 aromatic rings. The van der Waals surface area contributed by atoms with Crippen molar-refractivity contribution in [3.63, 3.8) is 0 Å². The van der Waals surface area contributed by atoms with Gasteiger partial charge >= 0.3 is 0 Å². The van der Waals surface area contributed by atoms with E-state index in [0.717, 1.165) is 23.2 Å². The van der Waals surface area contributed by atoms with E-state index in [1.54, 1.807) is 0 Å². The molecule has 1 rings (SSSR count). The summed E-state index contributed by atoms with van der Waals surface area (Å²) in [6.45, 7) is 8.00. The molecular weight excluding hydrogens is 266 g/mol. The maximum atomic E-state index is 5.66. The summed E-state index contributed by atoms with van der Waals surface area (Å²) in [5.74, 6) is 0.985. The van der Waals surface area contributed by atoms with Gasteiger partial charge in [-0.05, 0) is 38.1 Å². The highest BCUT2D eigenvalue weighted by atomic mass is 79.9. The first-order valence-corrected chi connectivity index (χ1v) is 6.67. The number of benzene rings is 1. The fourth-order valence-corrected chi connectivity index (χ4v) is 2.18. The SMILES string of the molecule is CCNC(CC)c1cc(Br)ccc1OCC. The highest BCUT2D eigenvalue weighted by Gasteiger charge is 2.13. The Kier molecular flexibility index (Phi) is 5.85. The van der Waals surface area contributed by atoms with Crippen molar-refractivity contribution in [3.05, 3.63) is 28.2 Å². The molecule has 0 spiro atoms. The molecular formula is C13H20BrNO. The molecule has 1 atom stereocenters. The number of hydrogen-bond donors (Lipinski definition) is 1. The topological polar surface area (TPSA) is 21.3 Å². The van der Waals surface area contributed by atoms with Crippen molar-refractivity contribution in [2.45, 2.75) is 33.2 Å². The fourth-order valence-electron chi connectivity index (χ4n) is 1.80. The molecule has 3 heteroatoms. The lowest BCUT2D eigenvalue weighted by atomic mass is 10.0. The van der Waals surface area contributed by atoms with Crippen molar-refractivity contribution in [2.75, 3.05) is 13.2 Å². The molecule has 0 aliphatic carbocycles. The van der Waals surface area contributed by atoms with Gasteiger partial charge in [0.15, 0.2) is 0 Å². The van der Waals surface area contributed by atoms with E-state index >= 15 is 0 Å². The first-order chi connectivity index (χ1) is 7.72. The average Bonchev–Trinajstić information content (AvgIpc) is 2.29. The fraction of sp³-hybridized carbons (Fsp3) is 0.538. The van der Waals surface area contributed by atoms with Crippen molar-refractivity contribution in [2.24, 2.45) is 0 Å². The minimum atomic E-state index is 0.365. The third kappa shape index (κ3) is 3.49. The Morgan fingerprint density at radius 2 is 2.06 bits per heavy atom. The lowest BCUT2D eigenvalue weighted by molar-refractivity contribution is 0.330. The Bertz CT molecular complexity index is 328. The zero-order valence-electron chi connectivity index (χ0n) is 10.2. The van der Waals surface area contributed by atoms with E-state index in [2.05, 4.69) is 41.2 Å². The van der Waals surface area contributed by atoms with Gasteiger partial charge in [0, 0.05) is 16.1 Å². The van der Waals surface area contributed by atoms with Crippen LogP contribution < -0.4 is 10.1 Å². The van der Waals surface area contributed by atoms with E-state index in [0.29, 0.717) is 12.6 Å². The molecule has 0 aromatic heterocycles. The third-order valence-electron chi connectivity index (χ3n) is 2.51. The monoisotopic (exact) mass is 285 g/mol. The van der Waals surface area contributed by atoms with E-state index < -0.39 is 0 Å². The summed E-state index contributed by atoms with van der Waals surface area (Å²) in [6.07, 6.45) is 1.06. The van der Waals surface area contributed by atoms with Crippen LogP contribution >= 0.6 is 15.9 Å². The predicted octanol–water partition coefficient (Wildman–Crippen LogP) is 3.91. The molecule has 0 saturated heterocycles. The molecule has 16 heavy (non-hydrogen) atoms. The van der Waals surface area contributed by atoms with Crippen LogP contribution in [0.25, 0.3) is 0 Å². The predicted molar refractivity (Wildman–Crippen MR) is 72.0 cm³/mol. The van der Waals surface area contributed by atoms with Gasteiger partial charge in [-0.15, -0.1) is 0 Å². The van der Waals surface area contributed by atoms with Crippen LogP contribution in [-0.4, -0.2) is 13.2 Å². The van der Waals surface area contributed by atoms with Gasteiger partial charge in [-0.1, -0.05) is 29.8 Å². The van der Waals surface area contributed by atoms with E-state index in [9.17, 15) is 0 Å². The number of hydrogen-bond acceptors (Lipinski definition) is 2. The molecule has 0 aliphatic rings. The van der Waals surface area contributed by atoms with Gasteiger partial charge in [0.05, 0.1) is 6.61 Å². The smallest absolute Gasteiger partial charge is 0.124 e. The minimum absolute atomic E-state index is 0.365. The second-order valence-electron chi connectivity index (χ2n) is 3.63. The van der Waals surface area contributed by atoms with E-state index in [4.69, 9.17) is 4.74 Å². The summed E-state index contributed by atoms with van der Waals surface area (Å²) >= 11 is 3.51. The van der Waals surface area contributed by atoms with Crippen molar-refractivity contribution in [1.29, 1.82) is 0 Å². The van der Waals surface area contributed by atoms with Gasteiger partial charge in [0.25, 0.3) is 0 Å². The normalized spacial score (nSPS) is 12.5. The molecule has 1 N–H and O–H groups in total. The molecule has 0 amide bonds. The van der Waals surface area contributed by atoms with Crippen LogP contribution in [0.4, 0.5) is 0 Å². The lowest BCUT2D eigenvalue weighted by Crippen LogP contribution is -2.20. The van der Waals surface area contributed by atoms with Crippen LogP contribution in [-0.2, 0) is 0 Å². The van der Waals surface area contributed by atoms with Crippen LogP contribution in [0.2, 0.25) is 0 Å². The molecule has 1 aromatic carbocycles. The maximum Gasteiger partial charge on any atom is 0.124 e. The molecule has 0 fully saturated rings. The van der Waals surface area contributed by atoms with Crippen molar-refractivity contribution >= 4 is 15.9 Å². The van der Waals surface area contributed by atoms with Gasteiger partial charge in [-0.25, -0.2) is 0 Å². The molecule has 90 valence electrons. The summed E-state index contributed by atoms with van der Waals surface area (Å²) in [5, 5.41) is 3.47. The van der Waals surface area contributed by atoms with Gasteiger partial charge in [-0.2, -0.15) is 0 Å². The summed E-state index contributed by atoms with van der Waals surface area (Å²) in [6, 6.07) is 6.56. The first kappa shape index (κ1) is 13.5. The van der Waals surface area contributed by atoms with Gasteiger partial charge in [-0.3, -0.25) is 0 Å². The van der Waals surface area contributed by atoms with Gasteiger partial charge in [0.1, 0.15) is 5.75 Å². The first-order valence-electron chi connectivity index (χ1n) is 5.88. The number of ether oxygens (including phenoxy) is 1. The zero-order valence-corrected chi connectivity index (χ0v) is 11.8. The largest absolute Gasteiger partial charge is 0.494 e. The Labute approximate surface area is 107 Å². The minimum Gasteiger partial charge on any atom is -0.494 e. The molecule has 0 saturated carbocycles. The summed E-state index contributed by atoms with van der Waals surface area (Å²) < 4.78 is 6.76. The van der Waals surface area contributed by atoms with Gasteiger partial charge < -0.3 is 10.1 Å². The van der Waals surface area contributed by atoms with Crippen molar-refractivity contribution < 1.29 is 4.74 Å². The molecule has 1 unspecified atom stereocenters. The number of halogens is 1. The zero-order chi connectivity index (χ0) is 12.0. The highest BCUT2D eigenvalue weighted by Crippen LogP contribution is 2.30. The van der Waals surface area contributed by atoms with E-state index in [1.807, 2.05) is 19.1 Å². The Morgan fingerprint density at radius 1 is 1.31 bits per heavy atom. The van der Waals surface area contributed by atoms with E-state index in [1.165, 1.54) is 5.56 Å². The molecule has 0 aliphatic heterocycles. The second-order valence-corrected chi connectivity index (χ2v) is 4.55. The summed E-state index contributed by atoms with van der Waals surface area (Å²) in [4.78, 5) is 0. The van der Waals surface area contributed by atoms with Gasteiger partial charge in [0.2, 0.25) is 0 Å². The quantitative estimate of drug-likeness (QED) is 0.856. The average molecular weight is 286 g/mol. The van der Waals surface area contributed by atoms with Crippen LogP contribution in [0.15, 0.2) is 22.7 Å². The summed E-state index contributed by atoms with van der Waals surface area (Å²) in [7, 11) is 0. The number of rotatable bonds is 6. The van der Waals surface area contributed by atoms with Crippen LogP contribution in [0.5, 0.6) is 5.75 Å². The maximum absolute atomic E-state index is 5.66. The number of nitrogens with one attached hydrogen (secondary N) is 1. The van der Waals surface area contributed by atoms with Crippen LogP contribution in [0.3, 0.4) is 0 Å².